The third kappa shape index (κ3) is 2.50. The van der Waals surface area contributed by atoms with Gasteiger partial charge in [0, 0.05) is 30.5 Å². The zero-order chi connectivity index (χ0) is 12.1. The Labute approximate surface area is 93.7 Å². The van der Waals surface area contributed by atoms with Crippen molar-refractivity contribution >= 4 is 17.7 Å². The number of hydrogen-bond donors (Lipinski definition) is 0. The van der Waals surface area contributed by atoms with Crippen molar-refractivity contribution in [3.05, 3.63) is 39.4 Å². The molecule has 5 nitrogen and oxygen atoms in total. The number of nitro benzene ring substituents is 1. The Bertz CT molecular complexity index is 464. The average Bonchev–Trinajstić information content (AvgIpc) is 2.25. The molecule has 0 aliphatic heterocycles. The lowest BCUT2D eigenvalue weighted by Gasteiger charge is -2.02. The molecule has 1 rings (SSSR count). The Morgan fingerprint density at radius 1 is 1.50 bits per heavy atom. The first-order chi connectivity index (χ1) is 7.60. The van der Waals surface area contributed by atoms with Crippen molar-refractivity contribution in [1.29, 1.82) is 0 Å². The van der Waals surface area contributed by atoms with Gasteiger partial charge in [0.1, 0.15) is 0 Å². The van der Waals surface area contributed by atoms with Gasteiger partial charge in [0.25, 0.3) is 5.69 Å². The standard InChI is InChI=1S/C11H13N3O2/c1-4-13-11(12-3)9-5-6-10(14(15)16)8(2)7-9/h4-7H,1-3H3. The predicted molar refractivity (Wildman–Crippen MR) is 64.5 cm³/mol. The molecule has 0 saturated carbocycles. The molecule has 0 radical (unpaired) electrons. The summed E-state index contributed by atoms with van der Waals surface area (Å²) in [7, 11) is 1.64. The van der Waals surface area contributed by atoms with Crippen LogP contribution in [0.5, 0.6) is 0 Å². The molecule has 0 saturated heterocycles. The van der Waals surface area contributed by atoms with Gasteiger partial charge in [-0.3, -0.25) is 15.1 Å². The number of aryl methyl sites for hydroxylation is 1. The van der Waals surface area contributed by atoms with Gasteiger partial charge in [0.15, 0.2) is 5.84 Å². The van der Waals surface area contributed by atoms with Gasteiger partial charge in [0.05, 0.1) is 4.92 Å². The van der Waals surface area contributed by atoms with Gasteiger partial charge in [-0.15, -0.1) is 0 Å². The predicted octanol–water partition coefficient (Wildman–Crippen LogP) is 2.37. The Morgan fingerprint density at radius 2 is 2.19 bits per heavy atom. The molecule has 84 valence electrons. The van der Waals surface area contributed by atoms with Gasteiger partial charge in [-0.05, 0) is 26.0 Å². The van der Waals surface area contributed by atoms with Crippen LogP contribution in [0.3, 0.4) is 0 Å². The van der Waals surface area contributed by atoms with Gasteiger partial charge < -0.3 is 0 Å². The van der Waals surface area contributed by atoms with Gasteiger partial charge >= 0.3 is 0 Å². The lowest BCUT2D eigenvalue weighted by Crippen LogP contribution is -1.99. The van der Waals surface area contributed by atoms with E-state index in [0.29, 0.717) is 11.4 Å². The van der Waals surface area contributed by atoms with Crippen LogP contribution in [0, 0.1) is 17.0 Å². The van der Waals surface area contributed by atoms with Gasteiger partial charge in [-0.25, -0.2) is 4.99 Å². The lowest BCUT2D eigenvalue weighted by atomic mass is 10.1. The molecule has 0 unspecified atom stereocenters. The molecule has 0 aromatic heterocycles. The highest BCUT2D eigenvalue weighted by atomic mass is 16.6. The summed E-state index contributed by atoms with van der Waals surface area (Å²) >= 11 is 0. The van der Waals surface area contributed by atoms with Crippen molar-refractivity contribution in [3.8, 4) is 0 Å². The Balaban J connectivity index is 3.20. The number of rotatable bonds is 2. The molecule has 16 heavy (non-hydrogen) atoms. The molecular weight excluding hydrogens is 206 g/mol. The minimum absolute atomic E-state index is 0.111. The maximum atomic E-state index is 10.6. The van der Waals surface area contributed by atoms with Crippen molar-refractivity contribution in [2.24, 2.45) is 9.98 Å². The fraction of sp³-hybridized carbons (Fsp3) is 0.273. The molecule has 0 aliphatic rings. The van der Waals surface area contributed by atoms with E-state index in [9.17, 15) is 10.1 Å². The summed E-state index contributed by atoms with van der Waals surface area (Å²) in [4.78, 5) is 18.3. The van der Waals surface area contributed by atoms with Gasteiger partial charge in [-0.2, -0.15) is 0 Å². The van der Waals surface area contributed by atoms with Gasteiger partial charge in [0.2, 0.25) is 0 Å². The SMILES string of the molecule is CC=NC(=NC)c1ccc([N+](=O)[O-])c(C)c1. The van der Waals surface area contributed by atoms with E-state index in [1.165, 1.54) is 6.07 Å². The topological polar surface area (TPSA) is 67.9 Å². The molecule has 0 atom stereocenters. The van der Waals surface area contributed by atoms with E-state index in [4.69, 9.17) is 0 Å². The molecule has 0 bridgehead atoms. The van der Waals surface area contributed by atoms with Crippen LogP contribution in [0.2, 0.25) is 0 Å². The van der Waals surface area contributed by atoms with Crippen LogP contribution in [-0.2, 0) is 0 Å². The quantitative estimate of drug-likeness (QED) is 0.331. The summed E-state index contributed by atoms with van der Waals surface area (Å²) in [6, 6.07) is 4.84. The smallest absolute Gasteiger partial charge is 0.270 e. The molecule has 0 N–H and O–H groups in total. The van der Waals surface area contributed by atoms with Gasteiger partial charge in [-0.1, -0.05) is 0 Å². The second kappa shape index (κ2) is 5.16. The van der Waals surface area contributed by atoms with Crippen molar-refractivity contribution in [2.45, 2.75) is 13.8 Å². The molecule has 0 fully saturated rings. The fourth-order valence-electron chi connectivity index (χ4n) is 1.38. The molecule has 0 spiro atoms. The van der Waals surface area contributed by atoms with E-state index in [0.717, 1.165) is 5.56 Å². The Kier molecular flexibility index (Phi) is 3.88. The van der Waals surface area contributed by atoms with Crippen LogP contribution in [0.15, 0.2) is 28.2 Å². The highest BCUT2D eigenvalue weighted by Gasteiger charge is 2.11. The number of hydrogen-bond acceptors (Lipinski definition) is 3. The van der Waals surface area contributed by atoms with Crippen LogP contribution >= 0.6 is 0 Å². The molecule has 5 heteroatoms. The van der Waals surface area contributed by atoms with Crippen molar-refractivity contribution in [3.63, 3.8) is 0 Å². The summed E-state index contributed by atoms with van der Waals surface area (Å²) in [6.07, 6.45) is 1.64. The van der Waals surface area contributed by atoms with E-state index < -0.39 is 4.92 Å². The fourth-order valence-corrected chi connectivity index (χ4v) is 1.38. The lowest BCUT2D eigenvalue weighted by molar-refractivity contribution is -0.385. The maximum Gasteiger partial charge on any atom is 0.272 e. The summed E-state index contributed by atoms with van der Waals surface area (Å²) in [5, 5.41) is 10.6. The Morgan fingerprint density at radius 3 is 2.62 bits per heavy atom. The summed E-state index contributed by atoms with van der Waals surface area (Å²) < 4.78 is 0. The van der Waals surface area contributed by atoms with Crippen molar-refractivity contribution < 1.29 is 4.92 Å². The average molecular weight is 219 g/mol. The summed E-state index contributed by atoms with van der Waals surface area (Å²) in [5.74, 6) is 0.570. The second-order valence-electron chi connectivity index (χ2n) is 3.19. The first kappa shape index (κ1) is 12.0. The molecule has 0 heterocycles. The number of nitro groups is 1. The highest BCUT2D eigenvalue weighted by molar-refractivity contribution is 6.03. The second-order valence-corrected chi connectivity index (χ2v) is 3.19. The number of benzene rings is 1. The number of aliphatic imine (C=N–C) groups is 2. The minimum atomic E-state index is -0.398. The molecular formula is C11H13N3O2. The van der Waals surface area contributed by atoms with Crippen LogP contribution in [0.25, 0.3) is 0 Å². The van der Waals surface area contributed by atoms with E-state index in [1.54, 1.807) is 39.2 Å². The summed E-state index contributed by atoms with van der Waals surface area (Å²) in [5.41, 5.74) is 1.50. The highest BCUT2D eigenvalue weighted by Crippen LogP contribution is 2.19. The zero-order valence-corrected chi connectivity index (χ0v) is 9.47. The number of amidine groups is 1. The van der Waals surface area contributed by atoms with E-state index >= 15 is 0 Å². The van der Waals surface area contributed by atoms with E-state index in [1.807, 2.05) is 0 Å². The molecule has 1 aromatic carbocycles. The van der Waals surface area contributed by atoms with Crippen molar-refractivity contribution in [2.75, 3.05) is 7.05 Å². The maximum absolute atomic E-state index is 10.6. The first-order valence-corrected chi connectivity index (χ1v) is 4.81. The van der Waals surface area contributed by atoms with Crippen LogP contribution in [0.1, 0.15) is 18.1 Å². The van der Waals surface area contributed by atoms with E-state index in [-0.39, 0.29) is 5.69 Å². The van der Waals surface area contributed by atoms with Crippen LogP contribution in [-0.4, -0.2) is 24.0 Å². The number of nitrogens with zero attached hydrogens (tertiary/aromatic N) is 3. The Hall–Kier alpha value is -2.04. The largest absolute Gasteiger partial charge is 0.272 e. The summed E-state index contributed by atoms with van der Waals surface area (Å²) in [6.45, 7) is 3.49. The van der Waals surface area contributed by atoms with E-state index in [2.05, 4.69) is 9.98 Å². The third-order valence-electron chi connectivity index (χ3n) is 2.11. The van der Waals surface area contributed by atoms with Crippen LogP contribution < -0.4 is 0 Å². The monoisotopic (exact) mass is 219 g/mol. The zero-order valence-electron chi connectivity index (χ0n) is 9.47. The van der Waals surface area contributed by atoms with Crippen molar-refractivity contribution in [1.82, 2.24) is 0 Å². The minimum Gasteiger partial charge on any atom is -0.270 e. The first-order valence-electron chi connectivity index (χ1n) is 4.81. The molecule has 1 aromatic rings. The van der Waals surface area contributed by atoms with Crippen LogP contribution in [0.4, 0.5) is 5.69 Å². The molecule has 0 aliphatic carbocycles. The molecule has 0 amide bonds. The third-order valence-corrected chi connectivity index (χ3v) is 2.11. The normalized spacial score (nSPS) is 12.1.